The van der Waals surface area contributed by atoms with Crippen LogP contribution in [0.5, 0.6) is 0 Å². The van der Waals surface area contributed by atoms with Crippen molar-refractivity contribution in [3.05, 3.63) is 146 Å². The number of rotatable bonds is 44. The van der Waals surface area contributed by atoms with E-state index in [0.717, 1.165) is 96.3 Å². The van der Waals surface area contributed by atoms with Gasteiger partial charge in [-0.2, -0.15) is 0 Å². The fourth-order valence-corrected chi connectivity index (χ4v) is 6.47. The lowest BCUT2D eigenvalue weighted by Gasteiger charge is -2.18. The Morgan fingerprint density at radius 1 is 0.318 bits per heavy atom. The van der Waals surface area contributed by atoms with Gasteiger partial charge in [-0.05, 0) is 83.5 Å². The molecule has 0 aromatic rings. The van der Waals surface area contributed by atoms with Gasteiger partial charge in [0.2, 0.25) is 0 Å². The van der Waals surface area contributed by atoms with Crippen molar-refractivity contribution < 1.29 is 28.6 Å². The molecule has 0 aliphatic heterocycles. The number of allylic oxidation sites excluding steroid dienone is 24. The summed E-state index contributed by atoms with van der Waals surface area (Å²) in [6.07, 6.45) is 75.4. The summed E-state index contributed by atoms with van der Waals surface area (Å²) in [5, 5.41) is 0. The Labute approximate surface area is 404 Å². The number of unbranched alkanes of at least 4 members (excludes halogenated alkanes) is 18. The fourth-order valence-electron chi connectivity index (χ4n) is 6.47. The van der Waals surface area contributed by atoms with Crippen LogP contribution in [0, 0.1) is 0 Å². The summed E-state index contributed by atoms with van der Waals surface area (Å²) in [6.45, 7) is 6.25. The second-order valence-corrected chi connectivity index (χ2v) is 16.6. The molecule has 0 amide bonds. The molecule has 6 nitrogen and oxygen atoms in total. The van der Waals surface area contributed by atoms with Gasteiger partial charge >= 0.3 is 17.9 Å². The predicted molar refractivity (Wildman–Crippen MR) is 283 cm³/mol. The van der Waals surface area contributed by atoms with Crippen LogP contribution in [0.2, 0.25) is 0 Å². The van der Waals surface area contributed by atoms with Crippen LogP contribution in [0.3, 0.4) is 0 Å². The Morgan fingerprint density at radius 3 is 0.955 bits per heavy atom. The van der Waals surface area contributed by atoms with Crippen molar-refractivity contribution in [2.75, 3.05) is 13.2 Å². The zero-order valence-corrected chi connectivity index (χ0v) is 41.9. The summed E-state index contributed by atoms with van der Waals surface area (Å²) in [7, 11) is 0. The van der Waals surface area contributed by atoms with Gasteiger partial charge in [-0.15, -0.1) is 0 Å². The number of hydrogen-bond donors (Lipinski definition) is 0. The third kappa shape index (κ3) is 50.3. The number of carbonyl (C=O) groups is 3. The van der Waals surface area contributed by atoms with Gasteiger partial charge in [0, 0.05) is 19.3 Å². The summed E-state index contributed by atoms with van der Waals surface area (Å²) < 4.78 is 16.7. The van der Waals surface area contributed by atoms with E-state index in [9.17, 15) is 14.4 Å². The summed E-state index contributed by atoms with van der Waals surface area (Å²) in [4.78, 5) is 38.0. The highest BCUT2D eigenvalue weighted by Crippen LogP contribution is 2.12. The number of esters is 3. The molecule has 368 valence electrons. The molecule has 0 aliphatic carbocycles. The zero-order valence-electron chi connectivity index (χ0n) is 41.9. The first-order valence-corrected chi connectivity index (χ1v) is 26.0. The minimum Gasteiger partial charge on any atom is -0.462 e. The fraction of sp³-hybridized carbons (Fsp3) is 0.550. The van der Waals surface area contributed by atoms with Crippen molar-refractivity contribution >= 4 is 17.9 Å². The Bertz CT molecular complexity index is 1510. The van der Waals surface area contributed by atoms with Crippen molar-refractivity contribution in [2.24, 2.45) is 0 Å². The summed E-state index contributed by atoms with van der Waals surface area (Å²) in [5.41, 5.74) is 0. The van der Waals surface area contributed by atoms with Crippen LogP contribution >= 0.6 is 0 Å². The number of carbonyl (C=O) groups excluding carboxylic acids is 3. The van der Waals surface area contributed by atoms with Crippen molar-refractivity contribution in [1.29, 1.82) is 0 Å². The molecule has 0 aromatic heterocycles. The average molecular weight is 909 g/mol. The topological polar surface area (TPSA) is 78.9 Å². The first-order valence-electron chi connectivity index (χ1n) is 26.0. The van der Waals surface area contributed by atoms with Crippen LogP contribution in [0.1, 0.15) is 194 Å². The molecule has 0 fully saturated rings. The minimum absolute atomic E-state index is 0.121. The SMILES string of the molecule is CC/C=C/C=C/C=C/C=C/C=C/C=C/C=C/CCCCCC(=O)OCC(COC(=O)CCCCCCC/C=C/C=C/C=C/CC)OC(=O)CCCCC/C=C/C=C/CCCCCCCCC. The normalized spacial score (nSPS) is 13.3. The van der Waals surface area contributed by atoms with E-state index in [0.29, 0.717) is 19.3 Å². The van der Waals surface area contributed by atoms with E-state index in [1.165, 1.54) is 44.9 Å². The van der Waals surface area contributed by atoms with Gasteiger partial charge in [-0.3, -0.25) is 14.4 Å². The molecule has 6 heteroatoms. The Kier molecular flexibility index (Phi) is 49.1. The largest absolute Gasteiger partial charge is 0.462 e. The quantitative estimate of drug-likeness (QED) is 0.0262. The van der Waals surface area contributed by atoms with Crippen LogP contribution in [-0.2, 0) is 28.6 Å². The average Bonchev–Trinajstić information content (AvgIpc) is 3.31. The molecule has 0 aromatic carbocycles. The molecule has 0 saturated heterocycles. The number of hydrogen-bond acceptors (Lipinski definition) is 6. The Morgan fingerprint density at radius 2 is 0.591 bits per heavy atom. The maximum atomic E-state index is 12.8. The third-order valence-corrected chi connectivity index (χ3v) is 10.3. The minimum atomic E-state index is -0.826. The molecule has 0 saturated carbocycles. The van der Waals surface area contributed by atoms with E-state index in [4.69, 9.17) is 14.2 Å². The molecule has 1 atom stereocenters. The van der Waals surface area contributed by atoms with Gasteiger partial charge in [-0.25, -0.2) is 0 Å². The molecule has 0 N–H and O–H groups in total. The van der Waals surface area contributed by atoms with Gasteiger partial charge in [0.25, 0.3) is 0 Å². The standard InChI is InChI=1S/C60H92O6/c1-4-7-10-13-16-19-22-25-27-29-30-31-33-35-38-41-44-47-50-53-59(62)65-56-57(55-64-58(61)52-49-46-43-40-37-34-24-21-18-15-12-9-6-3)66-60(63)54-51-48-45-42-39-36-32-28-26-23-20-17-14-11-8-5-2/h7,9-10,12-13,15-16,18-19,21-22,24-25,27-33,35-36,38-39,57H,4-6,8,11,14,17,20,23,26,34,37,40-56H2,1-3H3/b10-7+,12-9+,16-13+,18-15+,22-19+,24-21+,27-25+,30-29+,32-28+,33-31+,38-35+,39-36+. The van der Waals surface area contributed by atoms with E-state index in [-0.39, 0.29) is 44.0 Å². The molecule has 0 aliphatic rings. The molecule has 0 spiro atoms. The van der Waals surface area contributed by atoms with Gasteiger partial charge in [0.05, 0.1) is 0 Å². The van der Waals surface area contributed by atoms with Gasteiger partial charge in [-0.1, -0.05) is 237 Å². The third-order valence-electron chi connectivity index (χ3n) is 10.3. The number of ether oxygens (including phenoxy) is 3. The van der Waals surface area contributed by atoms with E-state index < -0.39 is 6.10 Å². The van der Waals surface area contributed by atoms with E-state index >= 15 is 0 Å². The van der Waals surface area contributed by atoms with Crippen LogP contribution < -0.4 is 0 Å². The Hall–Kier alpha value is -4.71. The maximum absolute atomic E-state index is 12.8. The van der Waals surface area contributed by atoms with Crippen molar-refractivity contribution in [1.82, 2.24) is 0 Å². The predicted octanol–water partition coefficient (Wildman–Crippen LogP) is 17.3. The van der Waals surface area contributed by atoms with Gasteiger partial charge in [0.15, 0.2) is 6.10 Å². The highest BCUT2D eigenvalue weighted by molar-refractivity contribution is 5.71. The van der Waals surface area contributed by atoms with E-state index in [1.807, 2.05) is 79.0 Å². The van der Waals surface area contributed by atoms with Crippen LogP contribution in [0.4, 0.5) is 0 Å². The lowest BCUT2D eigenvalue weighted by Crippen LogP contribution is -2.30. The Balaban J connectivity index is 4.59. The summed E-state index contributed by atoms with van der Waals surface area (Å²) in [5.74, 6) is -1.02. The molecular weight excluding hydrogens is 817 g/mol. The highest BCUT2D eigenvalue weighted by Gasteiger charge is 2.19. The summed E-state index contributed by atoms with van der Waals surface area (Å²) >= 11 is 0. The van der Waals surface area contributed by atoms with Crippen molar-refractivity contribution in [2.45, 2.75) is 200 Å². The van der Waals surface area contributed by atoms with Crippen LogP contribution in [0.25, 0.3) is 0 Å². The molecular formula is C60H92O6. The maximum Gasteiger partial charge on any atom is 0.306 e. The molecule has 1 unspecified atom stereocenters. The molecule has 0 bridgehead atoms. The molecule has 0 rings (SSSR count). The highest BCUT2D eigenvalue weighted by atomic mass is 16.6. The first-order chi connectivity index (χ1) is 32.5. The van der Waals surface area contributed by atoms with Crippen LogP contribution in [0.15, 0.2) is 146 Å². The second-order valence-electron chi connectivity index (χ2n) is 16.6. The van der Waals surface area contributed by atoms with Gasteiger partial charge in [0.1, 0.15) is 13.2 Å². The van der Waals surface area contributed by atoms with E-state index in [2.05, 4.69) is 87.6 Å². The second kappa shape index (κ2) is 52.9. The molecule has 0 heterocycles. The zero-order chi connectivity index (χ0) is 47.9. The molecule has 66 heavy (non-hydrogen) atoms. The summed E-state index contributed by atoms with van der Waals surface area (Å²) in [6, 6.07) is 0. The lowest BCUT2D eigenvalue weighted by molar-refractivity contribution is -0.167. The monoisotopic (exact) mass is 909 g/mol. The smallest absolute Gasteiger partial charge is 0.306 e. The van der Waals surface area contributed by atoms with Crippen LogP contribution in [-0.4, -0.2) is 37.2 Å². The molecule has 0 radical (unpaired) electrons. The van der Waals surface area contributed by atoms with Crippen molar-refractivity contribution in [3.8, 4) is 0 Å². The first kappa shape index (κ1) is 61.3. The van der Waals surface area contributed by atoms with Gasteiger partial charge < -0.3 is 14.2 Å². The van der Waals surface area contributed by atoms with E-state index in [1.54, 1.807) is 0 Å². The lowest BCUT2D eigenvalue weighted by atomic mass is 10.1. The van der Waals surface area contributed by atoms with Crippen molar-refractivity contribution in [3.63, 3.8) is 0 Å².